The molecule has 0 bridgehead atoms. The summed E-state index contributed by atoms with van der Waals surface area (Å²) in [6.45, 7) is 0. The maximum atomic E-state index is 10.3. The van der Waals surface area contributed by atoms with Crippen LogP contribution < -0.4 is 47.9 Å². The summed E-state index contributed by atoms with van der Waals surface area (Å²) < 4.78 is 0. The zero-order valence-corrected chi connectivity index (χ0v) is 22.9. The molecule has 0 aromatic rings. The number of unbranched alkanes of at least 4 members (excludes halogenated alkanes) is 19. The standard InChI is InChI=1S/C29H48O4.2Li/c30-28(31)26-24-22-20-18-16-14-12-10-8-6-4-2-1-3-5-7-9-11-13-15-17-19-21-23-25-27-29(32)33;;/h1-6,8,10,12,14-27H2,(H,30,31)(H,32,33);;/q;2*+1/p-2. The van der Waals surface area contributed by atoms with Crippen LogP contribution in [0.5, 0.6) is 0 Å². The summed E-state index contributed by atoms with van der Waals surface area (Å²) in [5, 5.41) is 20.6. The van der Waals surface area contributed by atoms with E-state index in [1.54, 1.807) is 0 Å². The molecule has 0 amide bonds. The molecule has 0 spiro atoms. The van der Waals surface area contributed by atoms with Crippen LogP contribution >= 0.6 is 0 Å². The van der Waals surface area contributed by atoms with Gasteiger partial charge in [-0.1, -0.05) is 108 Å². The van der Waals surface area contributed by atoms with E-state index < -0.39 is 11.9 Å². The molecule has 0 aromatic carbocycles. The fourth-order valence-electron chi connectivity index (χ4n) is 3.83. The monoisotopic (exact) mass is 472 g/mol. The largest absolute Gasteiger partial charge is 1.00 e. The van der Waals surface area contributed by atoms with Crippen molar-refractivity contribution in [1.82, 2.24) is 0 Å². The van der Waals surface area contributed by atoms with Crippen LogP contribution in [0.25, 0.3) is 0 Å². The van der Waals surface area contributed by atoms with Crippen molar-refractivity contribution >= 4 is 11.9 Å². The average molecular weight is 473 g/mol. The molecule has 35 heavy (non-hydrogen) atoms. The molecule has 0 aliphatic carbocycles. The Hall–Kier alpha value is -0.745. The third-order valence-electron chi connectivity index (χ3n) is 5.85. The van der Waals surface area contributed by atoms with Crippen LogP contribution in [0.2, 0.25) is 0 Å². The van der Waals surface area contributed by atoms with Crippen molar-refractivity contribution in [2.45, 2.75) is 148 Å². The molecule has 0 saturated carbocycles. The van der Waals surface area contributed by atoms with Gasteiger partial charge in [0, 0.05) is 24.8 Å². The summed E-state index contributed by atoms with van der Waals surface area (Å²) in [5.41, 5.74) is 0. The van der Waals surface area contributed by atoms with Gasteiger partial charge in [0.1, 0.15) is 0 Å². The minimum absolute atomic E-state index is 0. The van der Waals surface area contributed by atoms with E-state index in [-0.39, 0.29) is 50.6 Å². The molecule has 6 heteroatoms. The number of aliphatic carboxylic acids is 2. The van der Waals surface area contributed by atoms with Crippen molar-refractivity contribution < 1.29 is 57.5 Å². The van der Waals surface area contributed by atoms with Gasteiger partial charge in [-0.05, 0) is 50.4 Å². The molecule has 0 N–H and O–H groups in total. The quantitative estimate of drug-likeness (QED) is 0.114. The van der Waals surface area contributed by atoms with E-state index in [2.05, 4.69) is 23.7 Å². The van der Waals surface area contributed by atoms with Crippen LogP contribution in [0.15, 0.2) is 0 Å². The Labute approximate surface area is 239 Å². The van der Waals surface area contributed by atoms with Crippen molar-refractivity contribution in [1.29, 1.82) is 0 Å². The SMILES string of the molecule is O=C([O-])CCCCCCCC#CC#CCCCCCCCCCCCCCCCCC(=O)[O-].[Li+].[Li+]. The number of hydrogen-bond acceptors (Lipinski definition) is 4. The van der Waals surface area contributed by atoms with Crippen molar-refractivity contribution in [2.24, 2.45) is 0 Å². The molecular formula is C29H46Li2O4. The summed E-state index contributed by atoms with van der Waals surface area (Å²) in [7, 11) is 0. The third kappa shape index (κ3) is 38.0. The molecule has 0 saturated heterocycles. The second kappa shape index (κ2) is 33.3. The number of hydrogen-bond donors (Lipinski definition) is 0. The molecule has 188 valence electrons. The van der Waals surface area contributed by atoms with Crippen molar-refractivity contribution in [3.63, 3.8) is 0 Å². The Kier molecular flexibility index (Phi) is 36.8. The van der Waals surface area contributed by atoms with Crippen molar-refractivity contribution in [2.75, 3.05) is 0 Å². The van der Waals surface area contributed by atoms with Gasteiger partial charge < -0.3 is 19.8 Å². The Morgan fingerprint density at radius 2 is 0.629 bits per heavy atom. The Bertz CT molecular complexity index is 599. The first-order chi connectivity index (χ1) is 16.1. The Morgan fingerprint density at radius 3 is 0.886 bits per heavy atom. The van der Waals surface area contributed by atoms with Gasteiger partial charge in [-0.2, -0.15) is 0 Å². The second-order valence-corrected chi connectivity index (χ2v) is 9.07. The maximum Gasteiger partial charge on any atom is 1.00 e. The summed E-state index contributed by atoms with van der Waals surface area (Å²) in [5.74, 6) is 10.3. The minimum Gasteiger partial charge on any atom is -0.550 e. The molecule has 0 heterocycles. The van der Waals surface area contributed by atoms with E-state index in [1.165, 1.54) is 70.6 Å². The van der Waals surface area contributed by atoms with Crippen molar-refractivity contribution in [3.05, 3.63) is 0 Å². The van der Waals surface area contributed by atoms with E-state index in [9.17, 15) is 19.8 Å². The smallest absolute Gasteiger partial charge is 0.550 e. The average Bonchev–Trinajstić information content (AvgIpc) is 2.78. The van der Waals surface area contributed by atoms with Crippen molar-refractivity contribution in [3.8, 4) is 23.7 Å². The first kappa shape index (κ1) is 38.8. The molecule has 0 rings (SSSR count). The van der Waals surface area contributed by atoms with E-state index in [0.29, 0.717) is 0 Å². The second-order valence-electron chi connectivity index (χ2n) is 9.07. The molecule has 0 unspecified atom stereocenters. The van der Waals surface area contributed by atoms with Gasteiger partial charge in [-0.25, -0.2) is 0 Å². The van der Waals surface area contributed by atoms with Crippen LogP contribution in [0.3, 0.4) is 0 Å². The Morgan fingerprint density at radius 1 is 0.400 bits per heavy atom. The number of carbonyl (C=O) groups is 2. The van der Waals surface area contributed by atoms with E-state index in [4.69, 9.17) is 0 Å². The molecule has 4 nitrogen and oxygen atoms in total. The van der Waals surface area contributed by atoms with Crippen LogP contribution in [-0.2, 0) is 9.59 Å². The van der Waals surface area contributed by atoms with E-state index in [0.717, 1.165) is 64.2 Å². The normalized spacial score (nSPS) is 9.60. The fraction of sp³-hybridized carbons (Fsp3) is 0.793. The zero-order chi connectivity index (χ0) is 24.2. The topological polar surface area (TPSA) is 80.3 Å². The molecule has 0 aromatic heterocycles. The number of carboxylic acids is 2. The Balaban J connectivity index is -0.00000512. The van der Waals surface area contributed by atoms with Crippen LogP contribution in [-0.4, -0.2) is 11.9 Å². The van der Waals surface area contributed by atoms with Gasteiger partial charge >= 0.3 is 37.7 Å². The summed E-state index contributed by atoms with van der Waals surface area (Å²) in [6.07, 6.45) is 24.3. The predicted molar refractivity (Wildman–Crippen MR) is 132 cm³/mol. The van der Waals surface area contributed by atoms with E-state index in [1.807, 2.05) is 0 Å². The minimum atomic E-state index is -0.948. The molecule has 0 atom stereocenters. The summed E-state index contributed by atoms with van der Waals surface area (Å²) in [4.78, 5) is 20.6. The molecule has 0 radical (unpaired) electrons. The summed E-state index contributed by atoms with van der Waals surface area (Å²) in [6, 6.07) is 0. The van der Waals surface area contributed by atoms with Gasteiger partial charge in [0.2, 0.25) is 0 Å². The van der Waals surface area contributed by atoms with Gasteiger partial charge in [0.15, 0.2) is 0 Å². The molecule has 0 aliphatic heterocycles. The van der Waals surface area contributed by atoms with Crippen LogP contribution in [0.1, 0.15) is 148 Å². The first-order valence-corrected chi connectivity index (χ1v) is 13.5. The van der Waals surface area contributed by atoms with Crippen LogP contribution in [0.4, 0.5) is 0 Å². The number of carboxylic acid groups (broad SMARTS) is 2. The third-order valence-corrected chi connectivity index (χ3v) is 5.85. The van der Waals surface area contributed by atoms with Gasteiger partial charge in [-0.15, -0.1) is 0 Å². The van der Waals surface area contributed by atoms with Crippen LogP contribution in [0, 0.1) is 23.7 Å². The zero-order valence-electron chi connectivity index (χ0n) is 22.9. The van der Waals surface area contributed by atoms with Gasteiger partial charge in [0.25, 0.3) is 0 Å². The maximum absolute atomic E-state index is 10.3. The van der Waals surface area contributed by atoms with E-state index >= 15 is 0 Å². The van der Waals surface area contributed by atoms with Gasteiger partial charge in [-0.3, -0.25) is 0 Å². The fourth-order valence-corrected chi connectivity index (χ4v) is 3.83. The van der Waals surface area contributed by atoms with Gasteiger partial charge in [0.05, 0.1) is 0 Å². The summed E-state index contributed by atoms with van der Waals surface area (Å²) >= 11 is 0. The number of rotatable bonds is 23. The molecule has 0 fully saturated rings. The predicted octanol–water partition coefficient (Wildman–Crippen LogP) is -0.527. The number of carbonyl (C=O) groups excluding carboxylic acids is 2. The first-order valence-electron chi connectivity index (χ1n) is 13.5. The molecule has 0 aliphatic rings. The molecular weight excluding hydrogens is 426 g/mol.